The van der Waals surface area contributed by atoms with Gasteiger partial charge in [0.1, 0.15) is 11.6 Å². The van der Waals surface area contributed by atoms with Gasteiger partial charge in [-0.15, -0.1) is 0 Å². The molecule has 0 atom stereocenters. The quantitative estimate of drug-likeness (QED) is 0.715. The molecule has 2 heterocycles. The summed E-state index contributed by atoms with van der Waals surface area (Å²) in [7, 11) is 3.28. The minimum absolute atomic E-state index is 0.0135. The molecule has 3 rings (SSSR count). The first-order valence-corrected chi connectivity index (χ1v) is 8.97. The van der Waals surface area contributed by atoms with Crippen LogP contribution in [0.2, 0.25) is 0 Å². The average Bonchev–Trinajstić information content (AvgIpc) is 2.67. The zero-order valence-electron chi connectivity index (χ0n) is 15.7. The van der Waals surface area contributed by atoms with Crippen molar-refractivity contribution in [2.24, 2.45) is 0 Å². The van der Waals surface area contributed by atoms with Crippen molar-refractivity contribution in [3.8, 4) is 0 Å². The summed E-state index contributed by atoms with van der Waals surface area (Å²) in [6, 6.07) is 7.05. The Kier molecular flexibility index (Phi) is 6.02. The van der Waals surface area contributed by atoms with Crippen molar-refractivity contribution in [3.63, 3.8) is 0 Å². The van der Waals surface area contributed by atoms with Gasteiger partial charge in [0.15, 0.2) is 5.69 Å². The lowest BCUT2D eigenvalue weighted by Gasteiger charge is -2.32. The highest BCUT2D eigenvalue weighted by atomic mass is 19.4. The molecule has 1 aliphatic heterocycles. The largest absolute Gasteiger partial charge is 0.433 e. The topological polar surface area (TPSA) is 41.5 Å². The van der Waals surface area contributed by atoms with E-state index in [0.29, 0.717) is 32.5 Å². The molecule has 5 nitrogen and oxygen atoms in total. The Morgan fingerprint density at radius 1 is 1.11 bits per heavy atom. The highest BCUT2D eigenvalue weighted by Crippen LogP contribution is 2.31. The van der Waals surface area contributed by atoms with Crippen LogP contribution in [0.25, 0.3) is 0 Å². The van der Waals surface area contributed by atoms with Gasteiger partial charge in [0.05, 0.1) is 12.7 Å². The van der Waals surface area contributed by atoms with Gasteiger partial charge < -0.3 is 14.5 Å². The molecule has 1 aliphatic rings. The molecule has 0 radical (unpaired) electrons. The summed E-state index contributed by atoms with van der Waals surface area (Å²) in [4.78, 5) is 11.3. The molecule has 152 valence electrons. The number of ether oxygens (including phenoxy) is 1. The first kappa shape index (κ1) is 20.3. The Morgan fingerprint density at radius 3 is 2.32 bits per heavy atom. The van der Waals surface area contributed by atoms with Crippen molar-refractivity contribution in [2.75, 3.05) is 37.0 Å². The van der Waals surface area contributed by atoms with Gasteiger partial charge in [-0.1, -0.05) is 12.1 Å². The molecule has 1 saturated heterocycles. The van der Waals surface area contributed by atoms with Crippen molar-refractivity contribution in [3.05, 3.63) is 47.4 Å². The van der Waals surface area contributed by atoms with E-state index in [1.54, 1.807) is 31.1 Å². The van der Waals surface area contributed by atoms with E-state index < -0.39 is 11.9 Å². The summed E-state index contributed by atoms with van der Waals surface area (Å²) in [6.07, 6.45) is -3.24. The molecule has 0 spiro atoms. The monoisotopic (exact) mass is 398 g/mol. The third kappa shape index (κ3) is 5.09. The highest BCUT2D eigenvalue weighted by molar-refractivity contribution is 5.45. The fourth-order valence-electron chi connectivity index (χ4n) is 2.95. The molecule has 1 aromatic carbocycles. The maximum Gasteiger partial charge on any atom is 0.433 e. The fraction of sp³-hybridized carbons (Fsp3) is 0.474. The number of halogens is 4. The minimum atomic E-state index is -4.53. The van der Waals surface area contributed by atoms with Crippen LogP contribution in [-0.2, 0) is 17.5 Å². The molecule has 0 unspecified atom stereocenters. The number of aromatic nitrogens is 2. The number of nitrogens with zero attached hydrogens (tertiary/aromatic N) is 4. The van der Waals surface area contributed by atoms with Crippen LogP contribution in [0.15, 0.2) is 30.3 Å². The highest BCUT2D eigenvalue weighted by Gasteiger charge is 2.35. The van der Waals surface area contributed by atoms with E-state index in [0.717, 1.165) is 11.6 Å². The van der Waals surface area contributed by atoms with Crippen LogP contribution in [0.5, 0.6) is 0 Å². The van der Waals surface area contributed by atoms with E-state index in [-0.39, 0.29) is 23.7 Å². The molecular formula is C19H22F4N4O. The minimum Gasteiger partial charge on any atom is -0.373 e. The summed E-state index contributed by atoms with van der Waals surface area (Å²) in [6.45, 7) is 1.38. The van der Waals surface area contributed by atoms with E-state index >= 15 is 0 Å². The van der Waals surface area contributed by atoms with Gasteiger partial charge in [-0.3, -0.25) is 0 Å². The second-order valence-electron chi connectivity index (χ2n) is 6.93. The molecule has 0 bridgehead atoms. The summed E-state index contributed by atoms with van der Waals surface area (Å²) in [5, 5.41) is 0. The number of anilines is 2. The average molecular weight is 398 g/mol. The van der Waals surface area contributed by atoms with Crippen molar-refractivity contribution >= 4 is 11.8 Å². The van der Waals surface area contributed by atoms with Crippen molar-refractivity contribution in [1.82, 2.24) is 9.97 Å². The van der Waals surface area contributed by atoms with Gasteiger partial charge in [-0.2, -0.15) is 18.2 Å². The first-order chi connectivity index (χ1) is 13.2. The summed E-state index contributed by atoms with van der Waals surface area (Å²) >= 11 is 0. The lowest BCUT2D eigenvalue weighted by molar-refractivity contribution is -0.141. The van der Waals surface area contributed by atoms with Gasteiger partial charge in [0, 0.05) is 33.3 Å². The molecule has 28 heavy (non-hydrogen) atoms. The summed E-state index contributed by atoms with van der Waals surface area (Å²) < 4.78 is 58.3. The Bertz CT molecular complexity index is 788. The van der Waals surface area contributed by atoms with Crippen LogP contribution in [0.3, 0.4) is 0 Å². The van der Waals surface area contributed by atoms with E-state index in [2.05, 4.69) is 9.97 Å². The van der Waals surface area contributed by atoms with Crippen LogP contribution in [0.4, 0.5) is 29.3 Å². The number of benzene rings is 1. The number of alkyl halides is 3. The number of rotatable bonds is 5. The lowest BCUT2D eigenvalue weighted by atomic mass is 10.1. The van der Waals surface area contributed by atoms with Crippen LogP contribution >= 0.6 is 0 Å². The van der Waals surface area contributed by atoms with E-state index in [1.807, 2.05) is 0 Å². The van der Waals surface area contributed by atoms with Gasteiger partial charge in [0.25, 0.3) is 0 Å². The standard InChI is InChI=1S/C19H22F4N4O/c1-26(2)17-11-16(19(21,22)23)24-18(25-17)27-9-7-15(8-10-27)28-12-13-3-5-14(20)6-4-13/h3-6,11,15H,7-10,12H2,1-2H3. The van der Waals surface area contributed by atoms with Crippen molar-refractivity contribution in [1.29, 1.82) is 0 Å². The fourth-order valence-corrected chi connectivity index (χ4v) is 2.95. The van der Waals surface area contributed by atoms with Crippen LogP contribution < -0.4 is 9.80 Å². The van der Waals surface area contributed by atoms with Gasteiger partial charge in [-0.05, 0) is 30.5 Å². The molecule has 0 saturated carbocycles. The zero-order valence-corrected chi connectivity index (χ0v) is 15.7. The second-order valence-corrected chi connectivity index (χ2v) is 6.93. The van der Waals surface area contributed by atoms with Gasteiger partial charge in [-0.25, -0.2) is 9.37 Å². The Balaban J connectivity index is 1.62. The third-order valence-corrected chi connectivity index (χ3v) is 4.57. The summed E-state index contributed by atoms with van der Waals surface area (Å²) in [5.41, 5.74) is -0.0726. The molecule has 1 fully saturated rings. The van der Waals surface area contributed by atoms with Crippen LogP contribution in [-0.4, -0.2) is 43.3 Å². The molecule has 0 N–H and O–H groups in total. The zero-order chi connectivity index (χ0) is 20.3. The van der Waals surface area contributed by atoms with Gasteiger partial charge in [0.2, 0.25) is 5.95 Å². The van der Waals surface area contributed by atoms with Crippen molar-refractivity contribution in [2.45, 2.75) is 31.7 Å². The maximum absolute atomic E-state index is 13.2. The first-order valence-electron chi connectivity index (χ1n) is 8.97. The SMILES string of the molecule is CN(C)c1cc(C(F)(F)F)nc(N2CCC(OCc3ccc(F)cc3)CC2)n1. The smallest absolute Gasteiger partial charge is 0.373 e. The molecule has 9 heteroatoms. The predicted molar refractivity (Wildman–Crippen MR) is 97.8 cm³/mol. The normalized spacial score (nSPS) is 15.7. The number of hydrogen-bond acceptors (Lipinski definition) is 5. The van der Waals surface area contributed by atoms with Crippen molar-refractivity contribution < 1.29 is 22.3 Å². The Labute approximate surface area is 161 Å². The number of hydrogen-bond donors (Lipinski definition) is 0. The van der Waals surface area contributed by atoms with E-state index in [4.69, 9.17) is 4.74 Å². The molecule has 0 amide bonds. The molecule has 1 aromatic heterocycles. The van der Waals surface area contributed by atoms with E-state index in [1.165, 1.54) is 17.0 Å². The van der Waals surface area contributed by atoms with Crippen LogP contribution in [0, 0.1) is 5.82 Å². The lowest BCUT2D eigenvalue weighted by Crippen LogP contribution is -2.38. The maximum atomic E-state index is 13.2. The predicted octanol–water partition coefficient (Wildman–Crippen LogP) is 3.89. The Hall–Kier alpha value is -2.42. The van der Waals surface area contributed by atoms with E-state index in [9.17, 15) is 17.6 Å². The van der Waals surface area contributed by atoms with Gasteiger partial charge >= 0.3 is 6.18 Å². The summed E-state index contributed by atoms with van der Waals surface area (Å²) in [5.74, 6) is -0.00208. The number of piperidine rings is 1. The molecule has 2 aromatic rings. The third-order valence-electron chi connectivity index (χ3n) is 4.57. The second kappa shape index (κ2) is 8.30. The Morgan fingerprint density at radius 2 is 1.75 bits per heavy atom. The molecular weight excluding hydrogens is 376 g/mol. The van der Waals surface area contributed by atoms with Crippen LogP contribution in [0.1, 0.15) is 24.1 Å². The molecule has 0 aliphatic carbocycles.